The van der Waals surface area contributed by atoms with E-state index in [4.69, 9.17) is 18.6 Å². The number of aliphatic hydroxyl groups excluding tert-OH is 2. The first-order chi connectivity index (χ1) is 10.9. The molecular formula is C12H18O10S2. The third-order valence-corrected chi connectivity index (χ3v) is 4.13. The van der Waals surface area contributed by atoms with Gasteiger partial charge in [0.2, 0.25) is 0 Å². The summed E-state index contributed by atoms with van der Waals surface area (Å²) < 4.78 is 69.6. The Labute approximate surface area is 139 Å². The van der Waals surface area contributed by atoms with Crippen LogP contribution < -0.4 is 9.47 Å². The highest BCUT2D eigenvalue weighted by atomic mass is 32.2. The summed E-state index contributed by atoms with van der Waals surface area (Å²) in [6.07, 6.45) is -2.79. The Balaban J connectivity index is 2.43. The van der Waals surface area contributed by atoms with Crippen molar-refractivity contribution in [2.45, 2.75) is 12.2 Å². The molecule has 0 aliphatic heterocycles. The molecule has 0 saturated heterocycles. The number of ether oxygens (including phenoxy) is 2. The van der Waals surface area contributed by atoms with E-state index >= 15 is 0 Å². The third-order valence-electron chi connectivity index (χ3n) is 2.51. The van der Waals surface area contributed by atoms with Crippen molar-refractivity contribution in [3.05, 3.63) is 24.3 Å². The first kappa shape index (κ1) is 20.6. The van der Waals surface area contributed by atoms with E-state index in [-0.39, 0.29) is 24.7 Å². The highest BCUT2D eigenvalue weighted by Crippen LogP contribution is 2.18. The van der Waals surface area contributed by atoms with Gasteiger partial charge in [0.05, 0.1) is 0 Å². The molecule has 0 aliphatic rings. The summed E-state index contributed by atoms with van der Waals surface area (Å²) in [6.45, 7) is -0.708. The lowest BCUT2D eigenvalue weighted by Crippen LogP contribution is -2.26. The Morgan fingerprint density at radius 1 is 0.750 bits per heavy atom. The van der Waals surface area contributed by atoms with Crippen molar-refractivity contribution >= 4 is 20.2 Å². The van der Waals surface area contributed by atoms with Gasteiger partial charge in [0.1, 0.15) is 48.4 Å². The van der Waals surface area contributed by atoms with Crippen LogP contribution >= 0.6 is 0 Å². The fourth-order valence-corrected chi connectivity index (χ4v) is 2.76. The SMILES string of the molecule is O=S(=O)(O)C[C@H](O)COc1ccc(OC[C@H](O)CS(=O)(=O)O)cc1. The standard InChI is InChI=1S/C12H18O10S2/c13-9(7-23(15,16)17)5-21-11-1-2-12(4-3-11)22-6-10(14)8-24(18,19)20/h1-4,9-10,13-14H,5-8H2,(H,15,16,17)(H,18,19,20)/t9-,10+. The topological polar surface area (TPSA) is 168 Å². The largest absolute Gasteiger partial charge is 0.491 e. The first-order valence-electron chi connectivity index (χ1n) is 6.57. The van der Waals surface area contributed by atoms with Crippen molar-refractivity contribution in [2.75, 3.05) is 24.7 Å². The van der Waals surface area contributed by atoms with Crippen molar-refractivity contribution in [3.8, 4) is 11.5 Å². The molecule has 0 radical (unpaired) electrons. The maximum atomic E-state index is 10.6. The minimum absolute atomic E-state index is 0.287. The molecule has 2 atom stereocenters. The Bertz CT molecular complexity index is 648. The maximum Gasteiger partial charge on any atom is 0.267 e. The molecule has 1 rings (SSSR count). The second-order valence-corrected chi connectivity index (χ2v) is 7.89. The zero-order chi connectivity index (χ0) is 18.4. The molecule has 0 bridgehead atoms. The molecule has 10 nitrogen and oxygen atoms in total. The summed E-state index contributed by atoms with van der Waals surface area (Å²) in [5, 5.41) is 18.7. The van der Waals surface area contributed by atoms with E-state index in [1.165, 1.54) is 24.3 Å². The average Bonchev–Trinajstić information content (AvgIpc) is 2.40. The van der Waals surface area contributed by atoms with Crippen LogP contribution in [-0.4, -0.2) is 73.1 Å². The predicted octanol–water partition coefficient (Wildman–Crippen LogP) is -1.06. The molecule has 1 aromatic rings. The number of aliphatic hydroxyl groups is 2. The van der Waals surface area contributed by atoms with Gasteiger partial charge in [0.25, 0.3) is 20.2 Å². The fourth-order valence-electron chi connectivity index (χ4n) is 1.60. The molecule has 0 aliphatic carbocycles. The zero-order valence-corrected chi connectivity index (χ0v) is 14.0. The molecule has 0 unspecified atom stereocenters. The summed E-state index contributed by atoms with van der Waals surface area (Å²) in [6, 6.07) is 5.74. The Morgan fingerprint density at radius 2 is 1.04 bits per heavy atom. The summed E-state index contributed by atoms with van der Waals surface area (Å²) in [4.78, 5) is 0. The first-order valence-corrected chi connectivity index (χ1v) is 9.78. The lowest BCUT2D eigenvalue weighted by molar-refractivity contribution is 0.121. The van der Waals surface area contributed by atoms with Crippen molar-refractivity contribution in [2.24, 2.45) is 0 Å². The Hall–Kier alpha value is -1.44. The molecule has 0 amide bonds. The van der Waals surface area contributed by atoms with Crippen LogP contribution in [-0.2, 0) is 20.2 Å². The van der Waals surface area contributed by atoms with Gasteiger partial charge < -0.3 is 19.7 Å². The number of hydrogen-bond acceptors (Lipinski definition) is 8. The summed E-state index contributed by atoms with van der Waals surface area (Å²) in [7, 11) is -8.59. The second-order valence-electron chi connectivity index (χ2n) is 4.90. The molecule has 0 fully saturated rings. The lowest BCUT2D eigenvalue weighted by atomic mass is 10.3. The van der Waals surface area contributed by atoms with Crippen LogP contribution in [0.4, 0.5) is 0 Å². The third kappa shape index (κ3) is 9.64. The predicted molar refractivity (Wildman–Crippen MR) is 82.3 cm³/mol. The smallest absolute Gasteiger partial charge is 0.267 e. The Kier molecular flexibility index (Phi) is 7.38. The van der Waals surface area contributed by atoms with Crippen LogP contribution in [0.3, 0.4) is 0 Å². The monoisotopic (exact) mass is 386 g/mol. The zero-order valence-electron chi connectivity index (χ0n) is 12.3. The molecule has 0 heterocycles. The second kappa shape index (κ2) is 8.60. The summed E-state index contributed by atoms with van der Waals surface area (Å²) in [5.74, 6) is -1.12. The fraction of sp³-hybridized carbons (Fsp3) is 0.500. The van der Waals surface area contributed by atoms with Crippen molar-refractivity contribution in [1.29, 1.82) is 0 Å². The van der Waals surface area contributed by atoms with E-state index < -0.39 is 43.9 Å². The van der Waals surface area contributed by atoms with E-state index in [0.29, 0.717) is 0 Å². The van der Waals surface area contributed by atoms with E-state index in [1.807, 2.05) is 0 Å². The average molecular weight is 386 g/mol. The van der Waals surface area contributed by atoms with Crippen LogP contribution in [0.5, 0.6) is 11.5 Å². The van der Waals surface area contributed by atoms with E-state index in [9.17, 15) is 27.0 Å². The molecule has 12 heteroatoms. The van der Waals surface area contributed by atoms with Crippen LogP contribution in [0.25, 0.3) is 0 Å². The van der Waals surface area contributed by atoms with Gasteiger partial charge in [0, 0.05) is 0 Å². The van der Waals surface area contributed by atoms with Crippen LogP contribution in [0.2, 0.25) is 0 Å². The van der Waals surface area contributed by atoms with E-state index in [2.05, 4.69) is 0 Å². The summed E-state index contributed by atoms with van der Waals surface area (Å²) >= 11 is 0. The molecule has 0 saturated carbocycles. The number of rotatable bonds is 10. The van der Waals surface area contributed by atoms with E-state index in [0.717, 1.165) is 0 Å². The van der Waals surface area contributed by atoms with Gasteiger partial charge >= 0.3 is 0 Å². The van der Waals surface area contributed by atoms with Crippen LogP contribution in [0.15, 0.2) is 24.3 Å². The quantitative estimate of drug-likeness (QED) is 0.364. The van der Waals surface area contributed by atoms with Gasteiger partial charge in [-0.25, -0.2) is 0 Å². The van der Waals surface area contributed by atoms with Gasteiger partial charge in [-0.1, -0.05) is 0 Å². The maximum absolute atomic E-state index is 10.6. The van der Waals surface area contributed by atoms with Crippen molar-refractivity contribution in [1.82, 2.24) is 0 Å². The molecule has 24 heavy (non-hydrogen) atoms. The molecule has 138 valence electrons. The van der Waals surface area contributed by atoms with Gasteiger partial charge in [0.15, 0.2) is 0 Å². The summed E-state index contributed by atoms with van der Waals surface area (Å²) in [5.41, 5.74) is 0. The van der Waals surface area contributed by atoms with Crippen molar-refractivity contribution < 1.29 is 45.6 Å². The number of benzene rings is 1. The Morgan fingerprint density at radius 3 is 1.29 bits per heavy atom. The highest BCUT2D eigenvalue weighted by Gasteiger charge is 2.16. The van der Waals surface area contributed by atoms with Gasteiger partial charge in [-0.2, -0.15) is 16.8 Å². The molecule has 1 aromatic carbocycles. The lowest BCUT2D eigenvalue weighted by Gasteiger charge is -2.13. The van der Waals surface area contributed by atoms with Gasteiger partial charge in [-0.3, -0.25) is 9.11 Å². The minimum atomic E-state index is -4.30. The van der Waals surface area contributed by atoms with Gasteiger partial charge in [-0.05, 0) is 24.3 Å². The minimum Gasteiger partial charge on any atom is -0.491 e. The molecule has 4 N–H and O–H groups in total. The molecule has 0 spiro atoms. The van der Waals surface area contributed by atoms with Crippen LogP contribution in [0.1, 0.15) is 0 Å². The normalized spacial score (nSPS) is 14.8. The number of hydrogen-bond donors (Lipinski definition) is 4. The van der Waals surface area contributed by atoms with Gasteiger partial charge in [-0.15, -0.1) is 0 Å². The van der Waals surface area contributed by atoms with Crippen LogP contribution in [0, 0.1) is 0 Å². The molecular weight excluding hydrogens is 368 g/mol. The highest BCUT2D eigenvalue weighted by molar-refractivity contribution is 7.86. The van der Waals surface area contributed by atoms with E-state index in [1.54, 1.807) is 0 Å². The van der Waals surface area contributed by atoms with Crippen molar-refractivity contribution in [3.63, 3.8) is 0 Å². The molecule has 0 aromatic heterocycles.